The Morgan fingerprint density at radius 2 is 1.85 bits per heavy atom. The minimum Gasteiger partial charge on any atom is -0.496 e. The largest absolute Gasteiger partial charge is 0.496 e. The number of nitrogens with zero attached hydrogens (tertiary/aromatic N) is 3. The van der Waals surface area contributed by atoms with Crippen LogP contribution in [0.5, 0.6) is 11.5 Å². The van der Waals surface area contributed by atoms with E-state index < -0.39 is 0 Å². The second kappa shape index (κ2) is 8.77. The number of hydrogen-bond donors (Lipinski definition) is 0. The molecule has 0 amide bonds. The highest BCUT2D eigenvalue weighted by molar-refractivity contribution is 7.98. The predicted molar refractivity (Wildman–Crippen MR) is 109 cm³/mol. The number of aromatic nitrogens is 3. The van der Waals surface area contributed by atoms with Crippen molar-refractivity contribution in [2.24, 2.45) is 0 Å². The smallest absolute Gasteiger partial charge is 0.192 e. The summed E-state index contributed by atoms with van der Waals surface area (Å²) in [5, 5.41) is 9.66. The number of aryl methyl sites for hydroxylation is 1. The molecule has 0 radical (unpaired) electrons. The van der Waals surface area contributed by atoms with Gasteiger partial charge in [0.25, 0.3) is 0 Å². The molecule has 140 valence electrons. The lowest BCUT2D eigenvalue weighted by molar-refractivity contribution is 0.411. The van der Waals surface area contributed by atoms with Crippen LogP contribution in [0, 0.1) is 6.92 Å². The topological polar surface area (TPSA) is 49.2 Å². The van der Waals surface area contributed by atoms with Gasteiger partial charge in [0.2, 0.25) is 0 Å². The molecular formula is C21H23N3O2S. The maximum absolute atomic E-state index is 5.48. The van der Waals surface area contributed by atoms with E-state index in [1.165, 1.54) is 5.56 Å². The maximum atomic E-state index is 5.48. The van der Waals surface area contributed by atoms with E-state index >= 15 is 0 Å². The van der Waals surface area contributed by atoms with Gasteiger partial charge in [0.1, 0.15) is 11.5 Å². The van der Waals surface area contributed by atoms with Crippen molar-refractivity contribution in [1.29, 1.82) is 0 Å². The Hall–Kier alpha value is -2.73. The average Bonchev–Trinajstić information content (AvgIpc) is 3.09. The molecule has 3 rings (SSSR count). The number of allylic oxidation sites excluding steroid dienone is 1. The van der Waals surface area contributed by atoms with Crippen LogP contribution in [0.2, 0.25) is 0 Å². The van der Waals surface area contributed by atoms with Gasteiger partial charge in [-0.2, -0.15) is 0 Å². The Kier molecular flexibility index (Phi) is 6.19. The molecule has 0 atom stereocenters. The van der Waals surface area contributed by atoms with E-state index in [0.29, 0.717) is 6.54 Å². The Morgan fingerprint density at radius 3 is 2.59 bits per heavy atom. The van der Waals surface area contributed by atoms with Crippen LogP contribution in [-0.4, -0.2) is 29.0 Å². The molecular weight excluding hydrogens is 358 g/mol. The van der Waals surface area contributed by atoms with Crippen LogP contribution >= 0.6 is 11.8 Å². The van der Waals surface area contributed by atoms with E-state index in [2.05, 4.69) is 34.3 Å². The van der Waals surface area contributed by atoms with E-state index in [0.717, 1.165) is 39.4 Å². The lowest BCUT2D eigenvalue weighted by Crippen LogP contribution is -2.02. The molecule has 1 heterocycles. The molecule has 1 aromatic heterocycles. The standard InChI is InChI=1S/C21H23N3O2S/c1-5-12-24-20(17-8-6-7-9-19(17)26-4)22-23-21(24)27-14-16-13-15(2)10-11-18(16)25-3/h5-11,13H,1,12,14H2,2-4H3. The summed E-state index contributed by atoms with van der Waals surface area (Å²) in [5.74, 6) is 3.16. The van der Waals surface area contributed by atoms with Gasteiger partial charge in [-0.25, -0.2) is 0 Å². The minimum absolute atomic E-state index is 0.619. The van der Waals surface area contributed by atoms with Crippen molar-refractivity contribution < 1.29 is 9.47 Å². The number of hydrogen-bond acceptors (Lipinski definition) is 5. The quantitative estimate of drug-likeness (QED) is 0.416. The molecule has 2 aromatic carbocycles. The average molecular weight is 382 g/mol. The van der Waals surface area contributed by atoms with Gasteiger partial charge in [0, 0.05) is 17.9 Å². The fourth-order valence-electron chi connectivity index (χ4n) is 2.88. The SMILES string of the molecule is C=CCn1c(SCc2cc(C)ccc2OC)nnc1-c1ccccc1OC. The summed E-state index contributed by atoms with van der Waals surface area (Å²) in [7, 11) is 3.35. The molecule has 0 saturated heterocycles. The third-order valence-electron chi connectivity index (χ3n) is 4.17. The third-order valence-corrected chi connectivity index (χ3v) is 5.18. The van der Waals surface area contributed by atoms with Crippen LogP contribution in [0.3, 0.4) is 0 Å². The summed E-state index contributed by atoms with van der Waals surface area (Å²) in [5.41, 5.74) is 3.25. The second-order valence-electron chi connectivity index (χ2n) is 6.01. The monoisotopic (exact) mass is 381 g/mol. The van der Waals surface area contributed by atoms with Gasteiger partial charge in [0.15, 0.2) is 11.0 Å². The van der Waals surface area contributed by atoms with E-state index in [4.69, 9.17) is 9.47 Å². The van der Waals surface area contributed by atoms with E-state index in [1.54, 1.807) is 26.0 Å². The number of methoxy groups -OCH3 is 2. The molecule has 0 aliphatic heterocycles. The summed E-state index contributed by atoms with van der Waals surface area (Å²) in [6.07, 6.45) is 1.85. The number of benzene rings is 2. The normalized spacial score (nSPS) is 10.6. The summed E-state index contributed by atoms with van der Waals surface area (Å²) in [6, 6.07) is 14.0. The first-order valence-electron chi connectivity index (χ1n) is 8.61. The van der Waals surface area contributed by atoms with Crippen molar-refractivity contribution in [2.75, 3.05) is 14.2 Å². The summed E-state index contributed by atoms with van der Waals surface area (Å²) >= 11 is 1.63. The number of rotatable bonds is 8. The van der Waals surface area contributed by atoms with Gasteiger partial charge in [-0.3, -0.25) is 4.57 Å². The fourth-order valence-corrected chi connectivity index (χ4v) is 3.81. The Balaban J connectivity index is 1.92. The first-order valence-corrected chi connectivity index (χ1v) is 9.60. The van der Waals surface area contributed by atoms with Crippen molar-refractivity contribution in [3.63, 3.8) is 0 Å². The summed E-state index contributed by atoms with van der Waals surface area (Å²) < 4.78 is 13.0. The third kappa shape index (κ3) is 4.17. The molecule has 0 saturated carbocycles. The molecule has 27 heavy (non-hydrogen) atoms. The fraction of sp³-hybridized carbons (Fsp3) is 0.238. The summed E-state index contributed by atoms with van der Waals surface area (Å²) in [6.45, 7) is 6.57. The van der Waals surface area contributed by atoms with Gasteiger partial charge in [-0.05, 0) is 25.1 Å². The van der Waals surface area contributed by atoms with Crippen molar-refractivity contribution in [1.82, 2.24) is 14.8 Å². The Bertz CT molecular complexity index is 937. The van der Waals surface area contributed by atoms with Crippen molar-refractivity contribution in [2.45, 2.75) is 24.4 Å². The van der Waals surface area contributed by atoms with Gasteiger partial charge in [-0.1, -0.05) is 47.7 Å². The van der Waals surface area contributed by atoms with Crippen LogP contribution in [0.1, 0.15) is 11.1 Å². The van der Waals surface area contributed by atoms with E-state index in [1.807, 2.05) is 42.5 Å². The maximum Gasteiger partial charge on any atom is 0.192 e. The van der Waals surface area contributed by atoms with Gasteiger partial charge in [0.05, 0.1) is 19.8 Å². The highest BCUT2D eigenvalue weighted by Crippen LogP contribution is 2.33. The first-order chi connectivity index (χ1) is 13.2. The number of para-hydroxylation sites is 1. The molecule has 0 aliphatic carbocycles. The highest BCUT2D eigenvalue weighted by atomic mass is 32.2. The number of thioether (sulfide) groups is 1. The van der Waals surface area contributed by atoms with Crippen molar-refractivity contribution in [3.05, 3.63) is 66.2 Å². The molecule has 0 fully saturated rings. The van der Waals surface area contributed by atoms with Gasteiger partial charge in [-0.15, -0.1) is 16.8 Å². The zero-order chi connectivity index (χ0) is 19.2. The van der Waals surface area contributed by atoms with E-state index in [9.17, 15) is 0 Å². The molecule has 0 spiro atoms. The van der Waals surface area contributed by atoms with Crippen LogP contribution in [-0.2, 0) is 12.3 Å². The molecule has 0 N–H and O–H groups in total. The van der Waals surface area contributed by atoms with Crippen LogP contribution in [0.4, 0.5) is 0 Å². The lowest BCUT2D eigenvalue weighted by atomic mass is 10.1. The number of ether oxygens (including phenoxy) is 2. The molecule has 5 nitrogen and oxygen atoms in total. The molecule has 0 unspecified atom stereocenters. The van der Waals surface area contributed by atoms with E-state index in [-0.39, 0.29) is 0 Å². The molecule has 3 aromatic rings. The van der Waals surface area contributed by atoms with Crippen molar-refractivity contribution in [3.8, 4) is 22.9 Å². The Labute approximate surface area is 164 Å². The molecule has 6 heteroatoms. The van der Waals surface area contributed by atoms with Gasteiger partial charge < -0.3 is 9.47 Å². The zero-order valence-corrected chi connectivity index (χ0v) is 16.6. The predicted octanol–water partition coefficient (Wildman–Crippen LogP) is 4.75. The minimum atomic E-state index is 0.619. The van der Waals surface area contributed by atoms with Crippen molar-refractivity contribution >= 4 is 11.8 Å². The second-order valence-corrected chi connectivity index (χ2v) is 6.95. The Morgan fingerprint density at radius 1 is 1.07 bits per heavy atom. The molecule has 0 aliphatic rings. The zero-order valence-electron chi connectivity index (χ0n) is 15.8. The lowest BCUT2D eigenvalue weighted by Gasteiger charge is -2.12. The molecule has 0 bridgehead atoms. The highest BCUT2D eigenvalue weighted by Gasteiger charge is 2.17. The first kappa shape index (κ1) is 19.0. The van der Waals surface area contributed by atoms with Gasteiger partial charge >= 0.3 is 0 Å². The summed E-state index contributed by atoms with van der Waals surface area (Å²) in [4.78, 5) is 0. The van der Waals surface area contributed by atoms with Crippen LogP contribution < -0.4 is 9.47 Å². The van der Waals surface area contributed by atoms with Crippen LogP contribution in [0.15, 0.2) is 60.3 Å². The van der Waals surface area contributed by atoms with Crippen LogP contribution in [0.25, 0.3) is 11.4 Å².